The van der Waals surface area contributed by atoms with E-state index in [2.05, 4.69) is 22.8 Å². The number of rotatable bonds is 7. The molecule has 0 unspecified atom stereocenters. The molecule has 0 aromatic carbocycles. The van der Waals surface area contributed by atoms with Crippen LogP contribution in [0.1, 0.15) is 45.3 Å². The molecule has 1 saturated heterocycles. The minimum atomic E-state index is -1.43. The van der Waals surface area contributed by atoms with Gasteiger partial charge in [0.15, 0.2) is 5.60 Å². The highest BCUT2D eigenvalue weighted by Crippen LogP contribution is 2.39. The molecule has 9 heteroatoms. The molecule has 3 N–H and O–H groups in total. The van der Waals surface area contributed by atoms with Crippen molar-refractivity contribution in [1.82, 2.24) is 14.5 Å². The first-order valence-corrected chi connectivity index (χ1v) is 9.57. The second-order valence-corrected chi connectivity index (χ2v) is 7.15. The molecule has 0 amide bonds. The number of unbranched alkanes of at least 4 members (excludes halogenated alkanes) is 2. The Labute approximate surface area is 168 Å². The summed E-state index contributed by atoms with van der Waals surface area (Å²) < 4.78 is 12.9. The first-order chi connectivity index (χ1) is 13.4. The number of nitrogen functional groups attached to an aromatic ring is 1. The number of fused-ring (bicyclic) bond motifs is 1. The van der Waals surface area contributed by atoms with Gasteiger partial charge in [-0.3, -0.25) is 4.79 Å². The van der Waals surface area contributed by atoms with Crippen LogP contribution in [-0.2, 0) is 14.3 Å². The van der Waals surface area contributed by atoms with Crippen LogP contribution >= 0.6 is 11.6 Å². The highest BCUT2D eigenvalue weighted by molar-refractivity contribution is 6.28. The number of halogens is 1. The van der Waals surface area contributed by atoms with Crippen molar-refractivity contribution in [2.75, 3.05) is 12.3 Å². The lowest BCUT2D eigenvalue weighted by Gasteiger charge is -2.26. The van der Waals surface area contributed by atoms with E-state index in [1.807, 2.05) is 0 Å². The van der Waals surface area contributed by atoms with E-state index in [1.54, 1.807) is 16.8 Å². The fraction of sp³-hybridized carbons (Fsp3) is 0.526. The monoisotopic (exact) mass is 406 g/mol. The molecule has 0 radical (unpaired) electrons. The van der Waals surface area contributed by atoms with Crippen LogP contribution in [0, 0.1) is 12.3 Å². The minimum absolute atomic E-state index is 0.00715. The van der Waals surface area contributed by atoms with Crippen molar-refractivity contribution in [2.24, 2.45) is 0 Å². The molecule has 3 rings (SSSR count). The van der Waals surface area contributed by atoms with Gasteiger partial charge in [0, 0.05) is 19.0 Å². The van der Waals surface area contributed by atoms with Crippen LogP contribution in [-0.4, -0.2) is 43.9 Å². The van der Waals surface area contributed by atoms with Crippen LogP contribution in [0.5, 0.6) is 0 Å². The van der Waals surface area contributed by atoms with Gasteiger partial charge in [0.25, 0.3) is 0 Å². The SMILES string of the molecule is C#C[C@]1(COC(=O)CCCCC)O[C@@H](n2ccc3c(N)nc(Cl)nc32)C[C@@H]1O. The largest absolute Gasteiger partial charge is 0.461 e. The number of ether oxygens (including phenoxy) is 2. The summed E-state index contributed by atoms with van der Waals surface area (Å²) in [7, 11) is 0. The summed E-state index contributed by atoms with van der Waals surface area (Å²) in [5.74, 6) is 2.35. The van der Waals surface area contributed by atoms with E-state index in [4.69, 9.17) is 33.2 Å². The van der Waals surface area contributed by atoms with E-state index < -0.39 is 17.9 Å². The molecule has 1 fully saturated rings. The van der Waals surface area contributed by atoms with Crippen LogP contribution in [0.3, 0.4) is 0 Å². The summed E-state index contributed by atoms with van der Waals surface area (Å²) in [5.41, 5.74) is 4.92. The Morgan fingerprint density at radius 3 is 3.07 bits per heavy atom. The Hall–Kier alpha value is -2.34. The van der Waals surface area contributed by atoms with Gasteiger partial charge in [-0.2, -0.15) is 4.98 Å². The molecule has 2 aromatic rings. The average Bonchev–Trinajstić information content (AvgIpc) is 3.22. The zero-order chi connectivity index (χ0) is 20.3. The van der Waals surface area contributed by atoms with Crippen LogP contribution in [0.4, 0.5) is 5.82 Å². The summed E-state index contributed by atoms with van der Waals surface area (Å²) in [6, 6.07) is 1.74. The van der Waals surface area contributed by atoms with Crippen molar-refractivity contribution < 1.29 is 19.4 Å². The lowest BCUT2D eigenvalue weighted by atomic mass is 9.99. The normalized spacial score (nSPS) is 24.4. The van der Waals surface area contributed by atoms with E-state index in [1.165, 1.54) is 0 Å². The topological polar surface area (TPSA) is 112 Å². The van der Waals surface area contributed by atoms with Crippen molar-refractivity contribution in [1.29, 1.82) is 0 Å². The summed E-state index contributed by atoms with van der Waals surface area (Å²) in [5, 5.41) is 11.2. The quantitative estimate of drug-likeness (QED) is 0.314. The van der Waals surface area contributed by atoms with Gasteiger partial charge in [-0.15, -0.1) is 6.42 Å². The van der Waals surface area contributed by atoms with Gasteiger partial charge < -0.3 is 24.9 Å². The third-order valence-electron chi connectivity index (χ3n) is 4.87. The first-order valence-electron chi connectivity index (χ1n) is 9.19. The predicted molar refractivity (Wildman–Crippen MR) is 104 cm³/mol. The van der Waals surface area contributed by atoms with E-state index in [0.29, 0.717) is 17.5 Å². The molecule has 2 aromatic heterocycles. The number of nitrogens with zero attached hydrogens (tertiary/aromatic N) is 3. The maximum atomic E-state index is 11.9. The van der Waals surface area contributed by atoms with Crippen molar-refractivity contribution in [2.45, 2.75) is 57.0 Å². The molecule has 8 nitrogen and oxygen atoms in total. The number of hydrogen-bond acceptors (Lipinski definition) is 7. The molecule has 1 aliphatic heterocycles. The van der Waals surface area contributed by atoms with Crippen molar-refractivity contribution in [3.8, 4) is 12.3 Å². The summed E-state index contributed by atoms with van der Waals surface area (Å²) in [6.07, 6.45) is 8.94. The van der Waals surface area contributed by atoms with Crippen molar-refractivity contribution in [3.05, 3.63) is 17.5 Å². The number of carbonyl (C=O) groups excluding carboxylic acids is 1. The average molecular weight is 407 g/mol. The first kappa shape index (κ1) is 20.4. The number of aromatic nitrogens is 3. The van der Waals surface area contributed by atoms with Crippen LogP contribution in [0.2, 0.25) is 5.28 Å². The van der Waals surface area contributed by atoms with Gasteiger partial charge in [0.1, 0.15) is 30.4 Å². The van der Waals surface area contributed by atoms with E-state index >= 15 is 0 Å². The highest BCUT2D eigenvalue weighted by atomic mass is 35.5. The maximum Gasteiger partial charge on any atom is 0.305 e. The van der Waals surface area contributed by atoms with E-state index in [-0.39, 0.29) is 30.1 Å². The summed E-state index contributed by atoms with van der Waals surface area (Å²) in [4.78, 5) is 20.0. The molecule has 0 spiro atoms. The van der Waals surface area contributed by atoms with Crippen LogP contribution in [0.15, 0.2) is 12.3 Å². The second kappa shape index (κ2) is 8.35. The van der Waals surface area contributed by atoms with Gasteiger partial charge in [-0.05, 0) is 24.1 Å². The van der Waals surface area contributed by atoms with Gasteiger partial charge in [0.05, 0.1) is 5.39 Å². The number of hydrogen-bond donors (Lipinski definition) is 2. The molecule has 150 valence electrons. The number of terminal acetylenes is 1. The minimum Gasteiger partial charge on any atom is -0.461 e. The Kier molecular flexibility index (Phi) is 6.08. The molecule has 1 aliphatic rings. The Balaban J connectivity index is 1.75. The number of carbonyl (C=O) groups is 1. The number of nitrogens with two attached hydrogens (primary N) is 1. The zero-order valence-corrected chi connectivity index (χ0v) is 16.4. The van der Waals surface area contributed by atoms with Gasteiger partial charge >= 0.3 is 5.97 Å². The fourth-order valence-electron chi connectivity index (χ4n) is 3.26. The molecule has 0 bridgehead atoms. The molecular weight excluding hydrogens is 384 g/mol. The molecule has 0 aliphatic carbocycles. The Morgan fingerprint density at radius 1 is 1.57 bits per heavy atom. The Bertz CT molecular complexity index is 909. The summed E-state index contributed by atoms with van der Waals surface area (Å²) >= 11 is 5.91. The lowest BCUT2D eigenvalue weighted by Crippen LogP contribution is -2.43. The maximum absolute atomic E-state index is 11.9. The van der Waals surface area contributed by atoms with Crippen molar-refractivity contribution >= 4 is 34.4 Å². The number of anilines is 1. The van der Waals surface area contributed by atoms with Gasteiger partial charge in [-0.1, -0.05) is 25.7 Å². The molecule has 28 heavy (non-hydrogen) atoms. The third-order valence-corrected chi connectivity index (χ3v) is 5.04. The Morgan fingerprint density at radius 2 is 2.36 bits per heavy atom. The van der Waals surface area contributed by atoms with E-state index in [9.17, 15) is 9.90 Å². The smallest absolute Gasteiger partial charge is 0.305 e. The lowest BCUT2D eigenvalue weighted by molar-refractivity contribution is -0.156. The molecule has 3 atom stereocenters. The molecular formula is C19H23ClN4O4. The molecule has 3 heterocycles. The second-order valence-electron chi connectivity index (χ2n) is 6.81. The molecule has 0 saturated carbocycles. The standard InChI is InChI=1S/C19H23ClN4O4/c1-3-5-6-7-15(26)27-11-19(4-2)13(25)10-14(28-19)24-9-8-12-16(21)22-18(20)23-17(12)24/h2,8-9,13-14,25H,3,5-7,10-11H2,1H3,(H2,21,22,23)/t13-,14+,19+/m0/s1. The van der Waals surface area contributed by atoms with Crippen molar-refractivity contribution in [3.63, 3.8) is 0 Å². The fourth-order valence-corrected chi connectivity index (χ4v) is 3.43. The highest BCUT2D eigenvalue weighted by Gasteiger charge is 2.49. The zero-order valence-electron chi connectivity index (χ0n) is 15.6. The van der Waals surface area contributed by atoms with Gasteiger partial charge in [-0.25, -0.2) is 4.98 Å². The number of aliphatic hydroxyl groups is 1. The predicted octanol–water partition coefficient (Wildman–Crippen LogP) is 2.44. The number of aliphatic hydroxyl groups excluding tert-OH is 1. The third kappa shape index (κ3) is 3.92. The van der Waals surface area contributed by atoms with Crippen LogP contribution < -0.4 is 5.73 Å². The number of esters is 1. The van der Waals surface area contributed by atoms with E-state index in [0.717, 1.165) is 19.3 Å². The summed E-state index contributed by atoms with van der Waals surface area (Å²) in [6.45, 7) is 1.83. The van der Waals surface area contributed by atoms with Crippen LogP contribution in [0.25, 0.3) is 11.0 Å². The van der Waals surface area contributed by atoms with Gasteiger partial charge in [0.2, 0.25) is 5.28 Å².